The minimum Gasteiger partial charge on any atom is -0.465 e. The van der Waals surface area contributed by atoms with E-state index >= 15 is 0 Å². The quantitative estimate of drug-likeness (QED) is 0.138. The van der Waals surface area contributed by atoms with Gasteiger partial charge in [-0.1, -0.05) is 35.2 Å². The predicted octanol–water partition coefficient (Wildman–Crippen LogP) is 3.17. The lowest BCUT2D eigenvalue weighted by Crippen LogP contribution is -2.45. The Balaban J connectivity index is 1.35. The molecular weight excluding hydrogens is 570 g/mol. The van der Waals surface area contributed by atoms with E-state index in [0.29, 0.717) is 45.9 Å². The first-order chi connectivity index (χ1) is 20.7. The van der Waals surface area contributed by atoms with Crippen molar-refractivity contribution in [3.8, 4) is 0 Å². The molecule has 0 aromatic heterocycles. The van der Waals surface area contributed by atoms with E-state index in [0.717, 1.165) is 31.7 Å². The lowest BCUT2D eigenvalue weighted by atomic mass is 9.96. The van der Waals surface area contributed by atoms with Crippen molar-refractivity contribution in [2.75, 3.05) is 64.1 Å². The molecule has 0 unspecified atom stereocenters. The fraction of sp³-hybridized carbons (Fsp3) is 0.290. The molecule has 0 bridgehead atoms. The maximum absolute atomic E-state index is 13.3. The molecule has 43 heavy (non-hydrogen) atoms. The third-order valence-electron chi connectivity index (χ3n) is 7.53. The molecule has 3 aromatic rings. The molecule has 0 radical (unpaired) electrons. The number of rotatable bonds is 10. The maximum atomic E-state index is 13.3. The summed E-state index contributed by atoms with van der Waals surface area (Å²) < 4.78 is 30.5. The standard InChI is InChI=1S/C31H35N5O6S/c1-21-19-26-27(20-25(21)31(38)41-3)33-30(37)28(26)29(22-7-5-4-6-8-22)32-23-9-11-24(12-10-23)43(39,40)34-42-18-17-36-15-13-35(2)14-16-36/h4-12,19-20,32,34H,13-18H2,1-3H3,(H,33,37)/b29-28+. The zero-order chi connectivity index (χ0) is 30.6. The number of nitrogens with zero attached hydrogens (tertiary/aromatic N) is 2. The Hall–Kier alpha value is -4.07. The monoisotopic (exact) mass is 605 g/mol. The second-order valence-corrected chi connectivity index (χ2v) is 12.1. The number of methoxy groups -OCH3 is 1. The van der Waals surface area contributed by atoms with Crippen molar-refractivity contribution in [1.82, 2.24) is 14.7 Å². The maximum Gasteiger partial charge on any atom is 0.338 e. The molecule has 12 heteroatoms. The van der Waals surface area contributed by atoms with Crippen LogP contribution in [0.15, 0.2) is 71.6 Å². The minimum absolute atomic E-state index is 0.0430. The Morgan fingerprint density at radius 2 is 1.70 bits per heavy atom. The summed E-state index contributed by atoms with van der Waals surface area (Å²) >= 11 is 0. The van der Waals surface area contributed by atoms with Gasteiger partial charge in [-0.2, -0.15) is 0 Å². The van der Waals surface area contributed by atoms with Crippen LogP contribution in [0.3, 0.4) is 0 Å². The summed E-state index contributed by atoms with van der Waals surface area (Å²) in [7, 11) is -0.502. The number of esters is 1. The van der Waals surface area contributed by atoms with E-state index in [1.807, 2.05) is 30.3 Å². The molecule has 3 aromatic carbocycles. The van der Waals surface area contributed by atoms with Crippen molar-refractivity contribution in [3.63, 3.8) is 0 Å². The first kappa shape index (κ1) is 30.4. The molecule has 1 amide bonds. The number of aryl methyl sites for hydroxylation is 1. The van der Waals surface area contributed by atoms with Crippen LogP contribution in [0.1, 0.15) is 27.0 Å². The predicted molar refractivity (Wildman–Crippen MR) is 165 cm³/mol. The highest BCUT2D eigenvalue weighted by Gasteiger charge is 2.30. The second-order valence-electron chi connectivity index (χ2n) is 10.5. The number of hydrogen-bond donors (Lipinski definition) is 3. The Morgan fingerprint density at radius 3 is 2.37 bits per heavy atom. The molecule has 0 spiro atoms. The van der Waals surface area contributed by atoms with Crippen LogP contribution in [0.5, 0.6) is 0 Å². The minimum atomic E-state index is -3.89. The van der Waals surface area contributed by atoms with Gasteiger partial charge in [-0.15, -0.1) is 0 Å². The molecular formula is C31H35N5O6S. The van der Waals surface area contributed by atoms with Gasteiger partial charge in [0.2, 0.25) is 0 Å². The molecule has 11 nitrogen and oxygen atoms in total. The number of carbonyl (C=O) groups is 2. The Bertz CT molecular complexity index is 1630. The number of fused-ring (bicyclic) bond motifs is 1. The summed E-state index contributed by atoms with van der Waals surface area (Å²) in [5.74, 6) is -0.821. The van der Waals surface area contributed by atoms with E-state index < -0.39 is 16.0 Å². The van der Waals surface area contributed by atoms with Crippen LogP contribution >= 0.6 is 0 Å². The van der Waals surface area contributed by atoms with Crippen molar-refractivity contribution >= 4 is 44.5 Å². The Morgan fingerprint density at radius 1 is 1.00 bits per heavy atom. The van der Waals surface area contributed by atoms with E-state index in [1.54, 1.807) is 31.2 Å². The van der Waals surface area contributed by atoms with E-state index in [2.05, 4.69) is 32.4 Å². The topological polar surface area (TPSA) is 129 Å². The fourth-order valence-corrected chi connectivity index (χ4v) is 5.89. The number of amides is 1. The van der Waals surface area contributed by atoms with Gasteiger partial charge in [-0.05, 0) is 61.5 Å². The highest BCUT2D eigenvalue weighted by atomic mass is 32.2. The molecule has 0 atom stereocenters. The third-order valence-corrected chi connectivity index (χ3v) is 8.76. The molecule has 5 rings (SSSR count). The van der Waals surface area contributed by atoms with Crippen molar-refractivity contribution in [3.05, 3.63) is 89.0 Å². The van der Waals surface area contributed by atoms with Crippen molar-refractivity contribution < 1.29 is 27.6 Å². The number of hydrogen-bond acceptors (Lipinski definition) is 9. The summed E-state index contributed by atoms with van der Waals surface area (Å²) in [6.45, 7) is 6.44. The number of anilines is 2. The van der Waals surface area contributed by atoms with Gasteiger partial charge in [0.05, 0.1) is 41.1 Å². The molecule has 3 N–H and O–H groups in total. The highest BCUT2D eigenvalue weighted by Crippen LogP contribution is 2.39. The number of sulfonamides is 1. The molecule has 0 saturated carbocycles. The Labute approximate surface area is 251 Å². The van der Waals surface area contributed by atoms with Crippen LogP contribution in [0.4, 0.5) is 11.4 Å². The van der Waals surface area contributed by atoms with Crippen LogP contribution in [-0.4, -0.2) is 83.6 Å². The number of benzene rings is 3. The van der Waals surface area contributed by atoms with Gasteiger partial charge in [-0.25, -0.2) is 13.2 Å². The second kappa shape index (κ2) is 13.1. The SMILES string of the molecule is COC(=O)c1cc2c(cc1C)/C(=C(\Nc1ccc(S(=O)(=O)NOCCN3CCN(C)CC3)cc1)c1ccccc1)C(=O)N2. The zero-order valence-electron chi connectivity index (χ0n) is 24.3. The van der Waals surface area contributed by atoms with E-state index in [1.165, 1.54) is 19.2 Å². The molecule has 1 saturated heterocycles. The fourth-order valence-electron chi connectivity index (χ4n) is 5.06. The highest BCUT2D eigenvalue weighted by molar-refractivity contribution is 7.89. The molecule has 2 aliphatic heterocycles. The lowest BCUT2D eigenvalue weighted by molar-refractivity contribution is -0.110. The smallest absolute Gasteiger partial charge is 0.338 e. The molecule has 2 aliphatic rings. The average molecular weight is 606 g/mol. The van der Waals surface area contributed by atoms with E-state index in [-0.39, 0.29) is 17.4 Å². The first-order valence-electron chi connectivity index (χ1n) is 13.9. The lowest BCUT2D eigenvalue weighted by Gasteiger charge is -2.32. The van der Waals surface area contributed by atoms with Crippen molar-refractivity contribution in [1.29, 1.82) is 0 Å². The van der Waals surface area contributed by atoms with Crippen LogP contribution in [-0.2, 0) is 24.4 Å². The summed E-state index contributed by atoms with van der Waals surface area (Å²) in [5, 5.41) is 6.17. The normalized spacial score (nSPS) is 16.9. The number of ether oxygens (including phenoxy) is 1. The molecule has 0 aliphatic carbocycles. The summed E-state index contributed by atoms with van der Waals surface area (Å²) in [4.78, 5) is 37.6. The van der Waals surface area contributed by atoms with Gasteiger partial charge in [-0.3, -0.25) is 14.5 Å². The molecule has 1 fully saturated rings. The summed E-state index contributed by atoms with van der Waals surface area (Å²) in [5.41, 5.74) is 4.43. The Kier molecular flexibility index (Phi) is 9.23. The largest absolute Gasteiger partial charge is 0.465 e. The van der Waals surface area contributed by atoms with Crippen LogP contribution in [0, 0.1) is 6.92 Å². The first-order valence-corrected chi connectivity index (χ1v) is 15.4. The number of nitrogens with one attached hydrogen (secondary N) is 3. The summed E-state index contributed by atoms with van der Waals surface area (Å²) in [6.07, 6.45) is 0. The van der Waals surface area contributed by atoms with Crippen molar-refractivity contribution in [2.45, 2.75) is 11.8 Å². The van der Waals surface area contributed by atoms with Crippen LogP contribution in [0.2, 0.25) is 0 Å². The molecule has 2 heterocycles. The van der Waals surface area contributed by atoms with Gasteiger partial charge >= 0.3 is 5.97 Å². The zero-order valence-corrected chi connectivity index (χ0v) is 25.2. The summed E-state index contributed by atoms with van der Waals surface area (Å²) in [6, 6.07) is 18.9. The number of piperazine rings is 1. The van der Waals surface area contributed by atoms with Gasteiger partial charge in [0.15, 0.2) is 0 Å². The van der Waals surface area contributed by atoms with Crippen LogP contribution < -0.4 is 15.5 Å². The van der Waals surface area contributed by atoms with Crippen molar-refractivity contribution in [2.24, 2.45) is 0 Å². The van der Waals surface area contributed by atoms with E-state index in [9.17, 15) is 18.0 Å². The van der Waals surface area contributed by atoms with Crippen LogP contribution in [0.25, 0.3) is 11.3 Å². The molecule has 226 valence electrons. The van der Waals surface area contributed by atoms with E-state index in [4.69, 9.17) is 9.57 Å². The number of likely N-dealkylation sites (N-methyl/N-ethyl adjacent to an activating group) is 1. The van der Waals surface area contributed by atoms with Gasteiger partial charge in [0.1, 0.15) is 0 Å². The number of carbonyl (C=O) groups excluding carboxylic acids is 2. The average Bonchev–Trinajstić information content (AvgIpc) is 3.32. The van der Waals surface area contributed by atoms with Gasteiger partial charge in [0, 0.05) is 44.0 Å². The van der Waals surface area contributed by atoms with Gasteiger partial charge < -0.3 is 20.3 Å². The van der Waals surface area contributed by atoms with Gasteiger partial charge in [0.25, 0.3) is 15.9 Å². The third kappa shape index (κ3) is 6.95.